The average Bonchev–Trinajstić information content (AvgIpc) is 2.67. The van der Waals surface area contributed by atoms with Crippen molar-refractivity contribution in [3.05, 3.63) is 0 Å². The van der Waals surface area contributed by atoms with E-state index < -0.39 is 0 Å². The highest BCUT2D eigenvalue weighted by atomic mass is 79.9. The van der Waals surface area contributed by atoms with E-state index in [0.717, 1.165) is 23.7 Å². The van der Waals surface area contributed by atoms with Crippen LogP contribution in [-0.4, -0.2) is 61.3 Å². The molecule has 0 amide bonds. The van der Waals surface area contributed by atoms with E-state index in [1.807, 2.05) is 0 Å². The van der Waals surface area contributed by atoms with Gasteiger partial charge in [0.25, 0.3) is 0 Å². The standard InChI is InChI=1S/C22H40N2O.2BrH/c1-3-23-13-11-19-17(15-23)7-5-9-21(19)25-22-10-6-8-18-16-24(4-2)14-12-20(18)22;;/h17-22H,3-16H2,1-2H3;2*1H. The minimum atomic E-state index is 0. The summed E-state index contributed by atoms with van der Waals surface area (Å²) in [6.07, 6.45) is 12.3. The predicted molar refractivity (Wildman–Crippen MR) is 124 cm³/mol. The zero-order valence-corrected chi connectivity index (χ0v) is 20.9. The molecule has 0 radical (unpaired) electrons. The second-order valence-electron chi connectivity index (χ2n) is 9.29. The maximum Gasteiger partial charge on any atom is 0.0610 e. The molecule has 5 heteroatoms. The summed E-state index contributed by atoms with van der Waals surface area (Å²) in [6.45, 7) is 12.4. The van der Waals surface area contributed by atoms with Crippen LogP contribution in [0.25, 0.3) is 0 Å². The summed E-state index contributed by atoms with van der Waals surface area (Å²) in [4.78, 5) is 5.33. The van der Waals surface area contributed by atoms with Crippen LogP contribution in [0.2, 0.25) is 0 Å². The molecule has 0 aromatic carbocycles. The third kappa shape index (κ3) is 5.51. The number of rotatable bonds is 4. The van der Waals surface area contributed by atoms with E-state index in [0.29, 0.717) is 12.2 Å². The predicted octanol–water partition coefficient (Wildman–Crippen LogP) is 5.18. The molecule has 0 aromatic heterocycles. The van der Waals surface area contributed by atoms with Crippen molar-refractivity contribution in [3.8, 4) is 0 Å². The highest BCUT2D eigenvalue weighted by Crippen LogP contribution is 2.43. The molecule has 2 aliphatic heterocycles. The molecule has 4 rings (SSSR count). The molecule has 2 saturated heterocycles. The maximum atomic E-state index is 6.97. The Hall–Kier alpha value is 0.840. The molecule has 6 atom stereocenters. The lowest BCUT2D eigenvalue weighted by molar-refractivity contribution is -0.138. The Kier molecular flexibility index (Phi) is 10.1. The Bertz CT molecular complexity index is 401. The summed E-state index contributed by atoms with van der Waals surface area (Å²) >= 11 is 0. The van der Waals surface area contributed by atoms with Gasteiger partial charge in [-0.15, -0.1) is 34.0 Å². The molecule has 27 heavy (non-hydrogen) atoms. The van der Waals surface area contributed by atoms with Crippen LogP contribution in [0.15, 0.2) is 0 Å². The van der Waals surface area contributed by atoms with E-state index in [1.54, 1.807) is 0 Å². The summed E-state index contributed by atoms with van der Waals surface area (Å²) in [5.74, 6) is 3.53. The Morgan fingerprint density at radius 3 is 1.52 bits per heavy atom. The normalized spacial score (nSPS) is 40.2. The lowest BCUT2D eigenvalue weighted by atomic mass is 9.71. The molecule has 2 aliphatic carbocycles. The Labute approximate surface area is 188 Å². The molecule has 4 aliphatic rings. The van der Waals surface area contributed by atoms with Crippen molar-refractivity contribution in [2.45, 2.75) is 77.4 Å². The van der Waals surface area contributed by atoms with E-state index in [9.17, 15) is 0 Å². The topological polar surface area (TPSA) is 15.7 Å². The molecule has 0 aromatic rings. The smallest absolute Gasteiger partial charge is 0.0610 e. The van der Waals surface area contributed by atoms with Gasteiger partial charge in [0.05, 0.1) is 12.2 Å². The molecule has 2 saturated carbocycles. The fourth-order valence-electron chi connectivity index (χ4n) is 6.57. The first-order chi connectivity index (χ1) is 12.3. The highest BCUT2D eigenvalue weighted by Gasteiger charge is 2.42. The van der Waals surface area contributed by atoms with E-state index in [4.69, 9.17) is 4.74 Å². The molecule has 160 valence electrons. The third-order valence-electron chi connectivity index (χ3n) is 8.08. The van der Waals surface area contributed by atoms with Crippen molar-refractivity contribution < 1.29 is 4.74 Å². The van der Waals surface area contributed by atoms with Gasteiger partial charge in [-0.25, -0.2) is 0 Å². The number of nitrogens with zero attached hydrogens (tertiary/aromatic N) is 2. The van der Waals surface area contributed by atoms with Crippen LogP contribution in [0.1, 0.15) is 65.2 Å². The fourth-order valence-corrected chi connectivity index (χ4v) is 6.57. The van der Waals surface area contributed by atoms with Gasteiger partial charge in [0.15, 0.2) is 0 Å². The number of likely N-dealkylation sites (tertiary alicyclic amines) is 2. The minimum Gasteiger partial charge on any atom is -0.374 e. The SMILES string of the molecule is Br.Br.CCN1CCC2C(CCCC2OC2CCCC3CN(CC)CCC32)C1. The number of ether oxygens (including phenoxy) is 1. The molecular weight excluding hydrogens is 468 g/mol. The summed E-state index contributed by atoms with van der Waals surface area (Å²) in [5, 5.41) is 0. The Morgan fingerprint density at radius 1 is 0.667 bits per heavy atom. The molecular formula is C22H42Br2N2O. The second kappa shape index (κ2) is 11.3. The average molecular weight is 510 g/mol. The van der Waals surface area contributed by atoms with Crippen LogP contribution in [-0.2, 0) is 4.74 Å². The highest BCUT2D eigenvalue weighted by molar-refractivity contribution is 8.93. The zero-order chi connectivity index (χ0) is 17.2. The van der Waals surface area contributed by atoms with Crippen LogP contribution in [0.3, 0.4) is 0 Å². The molecule has 2 heterocycles. The number of fused-ring (bicyclic) bond motifs is 2. The summed E-state index contributed by atoms with van der Waals surface area (Å²) in [7, 11) is 0. The lowest BCUT2D eigenvalue weighted by Crippen LogP contribution is -2.51. The fraction of sp³-hybridized carbons (Fsp3) is 1.00. The van der Waals surface area contributed by atoms with Gasteiger partial charge in [0, 0.05) is 13.1 Å². The molecule has 6 unspecified atom stereocenters. The van der Waals surface area contributed by atoms with Crippen molar-refractivity contribution in [1.29, 1.82) is 0 Å². The Balaban J connectivity index is 0.00000131. The van der Waals surface area contributed by atoms with Crippen LogP contribution in [0, 0.1) is 23.7 Å². The van der Waals surface area contributed by atoms with Gasteiger partial charge in [0.2, 0.25) is 0 Å². The van der Waals surface area contributed by atoms with Gasteiger partial charge < -0.3 is 14.5 Å². The van der Waals surface area contributed by atoms with Crippen LogP contribution < -0.4 is 0 Å². The van der Waals surface area contributed by atoms with Crippen molar-refractivity contribution >= 4 is 34.0 Å². The van der Waals surface area contributed by atoms with Gasteiger partial charge in [-0.05, 0) is 88.4 Å². The molecule has 4 fully saturated rings. The van der Waals surface area contributed by atoms with Gasteiger partial charge in [-0.1, -0.05) is 26.7 Å². The summed E-state index contributed by atoms with van der Waals surface area (Å²) < 4.78 is 6.97. The van der Waals surface area contributed by atoms with Crippen molar-refractivity contribution in [3.63, 3.8) is 0 Å². The maximum absolute atomic E-state index is 6.97. The van der Waals surface area contributed by atoms with E-state index in [-0.39, 0.29) is 34.0 Å². The first kappa shape index (κ1) is 24.1. The largest absolute Gasteiger partial charge is 0.374 e. The van der Waals surface area contributed by atoms with E-state index in [1.165, 1.54) is 90.6 Å². The first-order valence-electron chi connectivity index (χ1n) is 11.4. The van der Waals surface area contributed by atoms with E-state index >= 15 is 0 Å². The monoisotopic (exact) mass is 508 g/mol. The van der Waals surface area contributed by atoms with Gasteiger partial charge in [-0.2, -0.15) is 0 Å². The number of piperidine rings is 2. The van der Waals surface area contributed by atoms with Gasteiger partial charge >= 0.3 is 0 Å². The molecule has 0 N–H and O–H groups in total. The van der Waals surface area contributed by atoms with E-state index in [2.05, 4.69) is 23.6 Å². The van der Waals surface area contributed by atoms with Crippen LogP contribution in [0.5, 0.6) is 0 Å². The zero-order valence-electron chi connectivity index (χ0n) is 17.5. The number of halogens is 2. The molecule has 0 bridgehead atoms. The van der Waals surface area contributed by atoms with Gasteiger partial charge in [0.1, 0.15) is 0 Å². The van der Waals surface area contributed by atoms with Crippen molar-refractivity contribution in [1.82, 2.24) is 9.80 Å². The first-order valence-corrected chi connectivity index (χ1v) is 11.4. The number of hydrogen-bond donors (Lipinski definition) is 0. The van der Waals surface area contributed by atoms with Gasteiger partial charge in [-0.3, -0.25) is 0 Å². The third-order valence-corrected chi connectivity index (χ3v) is 8.08. The minimum absolute atomic E-state index is 0. The summed E-state index contributed by atoms with van der Waals surface area (Å²) in [6, 6.07) is 0. The van der Waals surface area contributed by atoms with Crippen LogP contribution in [0.4, 0.5) is 0 Å². The summed E-state index contributed by atoms with van der Waals surface area (Å²) in [5.41, 5.74) is 0. The second-order valence-corrected chi connectivity index (χ2v) is 9.29. The lowest BCUT2D eigenvalue weighted by Gasteiger charge is -2.49. The molecule has 0 spiro atoms. The van der Waals surface area contributed by atoms with Crippen molar-refractivity contribution in [2.24, 2.45) is 23.7 Å². The van der Waals surface area contributed by atoms with Crippen LogP contribution >= 0.6 is 34.0 Å². The quantitative estimate of drug-likeness (QED) is 0.519. The number of hydrogen-bond acceptors (Lipinski definition) is 3. The molecule has 3 nitrogen and oxygen atoms in total. The van der Waals surface area contributed by atoms with Crippen molar-refractivity contribution in [2.75, 3.05) is 39.3 Å². The Morgan fingerprint density at radius 2 is 1.11 bits per heavy atom.